The number of aliphatic hydroxyl groups excluding tert-OH is 4. The van der Waals surface area contributed by atoms with Crippen LogP contribution in [-0.4, -0.2) is 165 Å². The molecular weight excluding hydrogens is 1010 g/mol. The minimum atomic E-state index is -5.14. The van der Waals surface area contributed by atoms with Gasteiger partial charge in [0.1, 0.15) is 30.3 Å². The molecule has 7 N–H and O–H groups in total. The van der Waals surface area contributed by atoms with Crippen molar-refractivity contribution in [3.63, 3.8) is 0 Å². The Balaban J connectivity index is 1.46. The lowest BCUT2D eigenvalue weighted by molar-refractivity contribution is -0.334. The first-order valence-corrected chi connectivity index (χ1v) is 26.7. The van der Waals surface area contributed by atoms with Crippen LogP contribution in [0.3, 0.4) is 0 Å². The summed E-state index contributed by atoms with van der Waals surface area (Å²) in [5, 5.41) is 56.2. The fourth-order valence-corrected chi connectivity index (χ4v) is 11.4. The van der Waals surface area contributed by atoms with Gasteiger partial charge in [-0.3, -0.25) is 9.32 Å². The van der Waals surface area contributed by atoms with Crippen LogP contribution in [0.1, 0.15) is 105 Å². The van der Waals surface area contributed by atoms with E-state index in [1.54, 1.807) is 38.9 Å². The van der Waals surface area contributed by atoms with Gasteiger partial charge in [-0.2, -0.15) is 5.26 Å². The molecule has 3 aliphatic rings. The molecule has 0 aliphatic carbocycles. The Labute approximate surface area is 428 Å². The van der Waals surface area contributed by atoms with Gasteiger partial charge in [0.05, 0.1) is 59.7 Å². The molecule has 1 aromatic heterocycles. The number of nitrogens with one attached hydrogen (secondary N) is 1. The molecule has 4 heterocycles. The fourth-order valence-electron chi connectivity index (χ4n) is 9.91. The smallest absolute Gasteiger partial charge is 0.448 e. The van der Waals surface area contributed by atoms with Crippen LogP contribution >= 0.6 is 23.8 Å². The van der Waals surface area contributed by atoms with Crippen LogP contribution in [0.25, 0.3) is 6.08 Å². The Morgan fingerprint density at radius 1 is 1.10 bits per heavy atom. The monoisotopic (exact) mass is 1090 g/mol. The van der Waals surface area contributed by atoms with Crippen LogP contribution in [0, 0.1) is 34.5 Å². The van der Waals surface area contributed by atoms with E-state index in [4.69, 9.17) is 37.9 Å². The van der Waals surface area contributed by atoms with E-state index in [0.717, 1.165) is 11.1 Å². The van der Waals surface area contributed by atoms with Crippen molar-refractivity contribution in [1.82, 2.24) is 15.2 Å². The van der Waals surface area contributed by atoms with Gasteiger partial charge in [-0.1, -0.05) is 81.8 Å². The maximum atomic E-state index is 12.6. The number of phosphoric ester groups is 1. The molecule has 71 heavy (non-hydrogen) atoms. The van der Waals surface area contributed by atoms with Gasteiger partial charge in [-0.25, -0.2) is 9.55 Å². The topological polar surface area (TPSA) is 276 Å². The van der Waals surface area contributed by atoms with Crippen molar-refractivity contribution >= 4 is 35.7 Å². The molecule has 3 saturated heterocycles. The van der Waals surface area contributed by atoms with Gasteiger partial charge in [0.2, 0.25) is 0 Å². The Hall–Kier alpha value is -2.68. The van der Waals surface area contributed by atoms with E-state index in [-0.39, 0.29) is 49.1 Å². The third kappa shape index (κ3) is 14.6. The number of allylic oxidation sites excluding steroid dienone is 5. The number of rotatable bonds is 24. The lowest BCUT2D eigenvalue weighted by Crippen LogP contribution is -2.58. The highest BCUT2D eigenvalue weighted by atomic mass is 79.9. The minimum Gasteiger partial charge on any atom is -0.448 e. The second-order valence-electron chi connectivity index (χ2n) is 20.6. The Morgan fingerprint density at radius 3 is 2.38 bits per heavy atom. The highest BCUT2D eigenvalue weighted by Gasteiger charge is 2.68. The van der Waals surface area contributed by atoms with Crippen molar-refractivity contribution in [2.24, 2.45) is 23.2 Å². The number of aromatic nitrogens is 1. The number of carbonyl (C=O) groups is 1. The molecule has 1 aromatic rings. The fraction of sp³-hybridized carbons (Fsp3) is 0.740. The van der Waals surface area contributed by atoms with Gasteiger partial charge in [0.15, 0.2) is 17.8 Å². The lowest BCUT2D eigenvalue weighted by atomic mass is 9.72. The van der Waals surface area contributed by atoms with E-state index in [0.29, 0.717) is 18.0 Å². The van der Waals surface area contributed by atoms with Crippen LogP contribution in [0.4, 0.5) is 0 Å². The van der Waals surface area contributed by atoms with Crippen molar-refractivity contribution in [1.29, 1.82) is 5.26 Å². The number of hydrogen-bond acceptors (Lipinski definition) is 16. The van der Waals surface area contributed by atoms with Gasteiger partial charge >= 0.3 is 7.82 Å². The molecule has 0 radical (unpaired) electrons. The SMILES string of the molecule is COC[C@@H]([C@H](O)[C@H](O)C(=O)NCC[C@H](C)c1nc(/C=C/C[C@H]2O[C@]3(C[C@@H](O)[C@@H]2C)O[C@H]([C@H](C[C@H](O)[C@H](C)[C@@H]2O[C@@](C)(/C(C)=C/C=C/C(C)=C\C#N)[C@H](Br)[C@H]2C)OC)[C@H](OP(=O)(O)O)C3(C)C)co1)N(C)C. The number of hydrogen-bond donors (Lipinski definition) is 7. The zero-order valence-corrected chi connectivity index (χ0v) is 45.9. The molecule has 1 amide bonds. The van der Waals surface area contributed by atoms with E-state index in [9.17, 15) is 39.6 Å². The van der Waals surface area contributed by atoms with E-state index in [1.165, 1.54) is 26.6 Å². The number of alkyl halides is 1. The number of nitriles is 1. The third-order valence-electron chi connectivity index (χ3n) is 15.0. The molecule has 4 rings (SSSR count). The normalized spacial score (nSPS) is 32.6. The standard InChI is InChI=1S/C50H80BrN4O15P/c1-28(20-22-52)16-14-17-30(3)49(9)44(51)33(6)42(68-49)32(5)36(56)24-39(65-13)43-45(70-71(61,62)63)48(7,8)50(69-43)25-37(57)31(4)38(67-50)19-15-18-34-26-66-47(54-34)29(2)21-23-53-46(60)41(59)40(58)35(27-64-12)55(10)11/h14-18,20,26,29,31-33,35-45,56-59H,19,21,23-25,27H2,1-13H3,(H,53,60)(H2,61,62,63)/b16-14+,18-15+,28-20-,30-17+/t29-,31-,32-,33-,35-,36-,37+,38+,39-,40-,41-,42-,43+,44+,45-,49-,50+/m0/s1. The number of amides is 1. The summed E-state index contributed by atoms with van der Waals surface area (Å²) in [6.45, 7) is 17.2. The van der Waals surface area contributed by atoms with Crippen molar-refractivity contribution in [3.05, 3.63) is 59.4 Å². The van der Waals surface area contributed by atoms with Crippen molar-refractivity contribution in [2.75, 3.05) is 41.5 Å². The summed E-state index contributed by atoms with van der Waals surface area (Å²) in [5.41, 5.74) is 0.249. The number of aliphatic hydroxyl groups is 4. The van der Waals surface area contributed by atoms with Gasteiger partial charge in [-0.05, 0) is 70.8 Å². The molecule has 3 aliphatic heterocycles. The molecular formula is C50H80BrN4O15P. The first-order valence-electron chi connectivity index (χ1n) is 24.2. The summed E-state index contributed by atoms with van der Waals surface area (Å²) in [6, 6.07) is 1.43. The number of ether oxygens (including phenoxy) is 5. The van der Waals surface area contributed by atoms with Crippen LogP contribution in [0.5, 0.6) is 0 Å². The Bertz CT molecular complexity index is 2120. The molecule has 17 atom stereocenters. The highest BCUT2D eigenvalue weighted by Crippen LogP contribution is 2.59. The number of carbonyl (C=O) groups excluding carboxylic acids is 1. The van der Waals surface area contributed by atoms with E-state index in [1.807, 2.05) is 71.9 Å². The van der Waals surface area contributed by atoms with Crippen LogP contribution < -0.4 is 5.32 Å². The highest BCUT2D eigenvalue weighted by molar-refractivity contribution is 9.09. The summed E-state index contributed by atoms with van der Waals surface area (Å²) >= 11 is 3.88. The summed E-state index contributed by atoms with van der Waals surface area (Å²) in [6.07, 6.45) is 3.33. The van der Waals surface area contributed by atoms with Gasteiger partial charge in [0.25, 0.3) is 5.91 Å². The molecule has 402 valence electrons. The van der Waals surface area contributed by atoms with Crippen molar-refractivity contribution < 1.29 is 72.2 Å². The maximum Gasteiger partial charge on any atom is 0.469 e. The largest absolute Gasteiger partial charge is 0.469 e. The number of methoxy groups -OCH3 is 2. The molecule has 1 spiro atoms. The minimum absolute atomic E-state index is 0.0219. The lowest BCUT2D eigenvalue weighted by Gasteiger charge is -2.50. The number of likely N-dealkylation sites (N-methyl/N-ethyl adjacent to an activating group) is 1. The van der Waals surface area contributed by atoms with Crippen LogP contribution in [-0.2, 0) is 37.6 Å². The zero-order chi connectivity index (χ0) is 53.4. The molecule has 3 fully saturated rings. The molecule has 0 aromatic carbocycles. The van der Waals surface area contributed by atoms with Gasteiger partial charge < -0.3 is 68.5 Å². The molecule has 21 heteroatoms. The van der Waals surface area contributed by atoms with E-state index < -0.39 is 103 Å². The summed E-state index contributed by atoms with van der Waals surface area (Å²) in [4.78, 5) is 39.3. The first-order chi connectivity index (χ1) is 33.1. The summed E-state index contributed by atoms with van der Waals surface area (Å²) in [7, 11) is 1.19. The second-order valence-corrected chi connectivity index (χ2v) is 22.8. The third-order valence-corrected chi connectivity index (χ3v) is 17.2. The van der Waals surface area contributed by atoms with Crippen LogP contribution in [0.15, 0.2) is 52.2 Å². The van der Waals surface area contributed by atoms with Crippen molar-refractivity contribution in [3.8, 4) is 6.07 Å². The predicted molar refractivity (Wildman–Crippen MR) is 269 cm³/mol. The first kappa shape index (κ1) is 60.9. The van der Waals surface area contributed by atoms with Gasteiger partial charge in [-0.15, -0.1) is 0 Å². The Kier molecular flexibility index (Phi) is 22.0. The number of nitrogens with zero attached hydrogens (tertiary/aromatic N) is 3. The number of halogens is 1. The average Bonchev–Trinajstić information content (AvgIpc) is 3.93. The molecule has 0 bridgehead atoms. The molecule has 0 saturated carbocycles. The maximum absolute atomic E-state index is 12.6. The van der Waals surface area contributed by atoms with Crippen molar-refractivity contribution in [2.45, 2.75) is 171 Å². The average molecular weight is 1090 g/mol. The van der Waals surface area contributed by atoms with Crippen LogP contribution in [0.2, 0.25) is 0 Å². The zero-order valence-electron chi connectivity index (χ0n) is 43.5. The molecule has 19 nitrogen and oxygen atoms in total. The second kappa shape index (κ2) is 25.7. The van der Waals surface area contributed by atoms with E-state index in [2.05, 4.69) is 33.2 Å². The summed E-state index contributed by atoms with van der Waals surface area (Å²) in [5.74, 6) is -3.00. The number of oxazole rings is 1. The molecule has 0 unspecified atom stereocenters. The van der Waals surface area contributed by atoms with E-state index >= 15 is 0 Å². The quantitative estimate of drug-likeness (QED) is 0.0299. The van der Waals surface area contributed by atoms with Gasteiger partial charge in [0, 0.05) is 62.9 Å². The predicted octanol–water partition coefficient (Wildman–Crippen LogP) is 5.30. The Morgan fingerprint density at radius 2 is 1.77 bits per heavy atom. The summed E-state index contributed by atoms with van der Waals surface area (Å²) < 4.78 is 55.4. The number of phosphoric acid groups is 1.